The predicted molar refractivity (Wildman–Crippen MR) is 135 cm³/mol. The van der Waals surface area contributed by atoms with Crippen LogP contribution in [0.2, 0.25) is 5.02 Å². The van der Waals surface area contributed by atoms with Crippen molar-refractivity contribution in [3.63, 3.8) is 0 Å². The highest BCUT2D eigenvalue weighted by Gasteiger charge is 2.33. The molecule has 0 bridgehead atoms. The van der Waals surface area contributed by atoms with Crippen LogP contribution in [-0.4, -0.2) is 17.3 Å². The highest BCUT2D eigenvalue weighted by Crippen LogP contribution is 2.37. The first kappa shape index (κ1) is 21.4. The van der Waals surface area contributed by atoms with Gasteiger partial charge in [-0.25, -0.2) is 0 Å². The summed E-state index contributed by atoms with van der Waals surface area (Å²) in [6, 6.07) is 24.8. The van der Waals surface area contributed by atoms with Gasteiger partial charge in [-0.2, -0.15) is 0 Å². The number of hydrogen-bond donors (Lipinski definition) is 0. The summed E-state index contributed by atoms with van der Waals surface area (Å²) in [5.41, 5.74) is 3.61. The fourth-order valence-electron chi connectivity index (χ4n) is 3.14. The number of carbonyl (C=O) groups excluding carboxylic acids is 1. The third-order valence-corrected chi connectivity index (χ3v) is 6.26. The molecule has 0 aliphatic carbocycles. The van der Waals surface area contributed by atoms with Crippen LogP contribution in [0.25, 0.3) is 11.6 Å². The number of anilines is 1. The summed E-state index contributed by atoms with van der Waals surface area (Å²) < 4.78 is 5.70. The molecule has 1 heterocycles. The van der Waals surface area contributed by atoms with E-state index in [1.807, 2.05) is 91.0 Å². The molecule has 1 fully saturated rings. The van der Waals surface area contributed by atoms with Crippen molar-refractivity contribution < 1.29 is 9.53 Å². The van der Waals surface area contributed by atoms with Gasteiger partial charge in [-0.15, -0.1) is 0 Å². The molecule has 1 amide bonds. The van der Waals surface area contributed by atoms with Crippen molar-refractivity contribution in [3.8, 4) is 5.75 Å². The molecule has 1 aliphatic heterocycles. The summed E-state index contributed by atoms with van der Waals surface area (Å²) in [4.78, 5) is 15.3. The van der Waals surface area contributed by atoms with E-state index in [2.05, 4.69) is 0 Å². The topological polar surface area (TPSA) is 29.5 Å². The Morgan fingerprint density at radius 2 is 1.68 bits per heavy atom. The third kappa shape index (κ3) is 4.90. The number of halogens is 1. The monoisotopic (exact) mass is 463 g/mol. The van der Waals surface area contributed by atoms with Crippen LogP contribution < -0.4 is 9.64 Å². The van der Waals surface area contributed by atoms with Gasteiger partial charge >= 0.3 is 0 Å². The molecule has 0 N–H and O–H groups in total. The second-order valence-electron chi connectivity index (χ2n) is 6.73. The zero-order chi connectivity index (χ0) is 21.8. The molecule has 0 spiro atoms. The van der Waals surface area contributed by atoms with E-state index >= 15 is 0 Å². The number of methoxy groups -OCH3 is 1. The second-order valence-corrected chi connectivity index (χ2v) is 8.84. The lowest BCUT2D eigenvalue weighted by molar-refractivity contribution is -0.113. The first-order chi connectivity index (χ1) is 15.0. The molecule has 0 unspecified atom stereocenters. The standard InChI is InChI=1S/C25H18ClNO2S2/c1-29-22-13-11-21(12-14-22)27-24(28)23(31-25(27)30)16-19(15-17-5-3-2-4-6-17)18-7-9-20(26)10-8-18/h2-16H,1H3/b19-15?,23-16+. The summed E-state index contributed by atoms with van der Waals surface area (Å²) in [6.07, 6.45) is 3.93. The molecule has 3 nitrogen and oxygen atoms in total. The SMILES string of the molecule is COc1ccc(N2C(=O)/C(=C\C(=Cc3ccccc3)c3ccc(Cl)cc3)SC2=S)cc1. The van der Waals surface area contributed by atoms with Gasteiger partial charge in [0, 0.05) is 5.02 Å². The maximum absolute atomic E-state index is 13.2. The Kier molecular flexibility index (Phi) is 6.56. The second kappa shape index (κ2) is 9.52. The number of allylic oxidation sites excluding steroid dienone is 2. The van der Waals surface area contributed by atoms with Gasteiger partial charge in [-0.05, 0) is 65.3 Å². The van der Waals surface area contributed by atoms with E-state index in [4.69, 9.17) is 28.6 Å². The Morgan fingerprint density at radius 3 is 2.32 bits per heavy atom. The predicted octanol–water partition coefficient (Wildman–Crippen LogP) is 6.84. The van der Waals surface area contributed by atoms with Gasteiger partial charge in [0.1, 0.15) is 5.75 Å². The molecule has 1 aliphatic rings. The van der Waals surface area contributed by atoms with Crippen molar-refractivity contribution in [1.82, 2.24) is 0 Å². The van der Waals surface area contributed by atoms with E-state index in [1.54, 1.807) is 12.0 Å². The number of ether oxygens (including phenoxy) is 1. The lowest BCUT2D eigenvalue weighted by atomic mass is 10.0. The van der Waals surface area contributed by atoms with Gasteiger partial charge in [0.15, 0.2) is 4.32 Å². The van der Waals surface area contributed by atoms with Crippen LogP contribution in [-0.2, 0) is 4.79 Å². The number of thioether (sulfide) groups is 1. The summed E-state index contributed by atoms with van der Waals surface area (Å²) in [7, 11) is 1.61. The van der Waals surface area contributed by atoms with Gasteiger partial charge in [0.05, 0.1) is 17.7 Å². The van der Waals surface area contributed by atoms with Crippen LogP contribution in [0.15, 0.2) is 89.8 Å². The fourth-order valence-corrected chi connectivity index (χ4v) is 4.56. The normalized spacial score (nSPS) is 15.6. The summed E-state index contributed by atoms with van der Waals surface area (Å²) in [5.74, 6) is 0.577. The number of rotatable bonds is 5. The average molecular weight is 464 g/mol. The average Bonchev–Trinajstić information content (AvgIpc) is 3.07. The Balaban J connectivity index is 1.71. The molecule has 0 saturated carbocycles. The zero-order valence-corrected chi connectivity index (χ0v) is 19.0. The van der Waals surface area contributed by atoms with Crippen molar-refractivity contribution in [1.29, 1.82) is 0 Å². The van der Waals surface area contributed by atoms with Crippen LogP contribution in [0, 0.1) is 0 Å². The molecular formula is C25H18ClNO2S2. The van der Waals surface area contributed by atoms with E-state index in [9.17, 15) is 4.79 Å². The van der Waals surface area contributed by atoms with Gasteiger partial charge in [-0.1, -0.05) is 78.0 Å². The number of thiocarbonyl (C=S) groups is 1. The third-order valence-electron chi connectivity index (χ3n) is 4.71. The number of amides is 1. The molecule has 3 aromatic rings. The minimum atomic E-state index is -0.145. The lowest BCUT2D eigenvalue weighted by Crippen LogP contribution is -2.27. The largest absolute Gasteiger partial charge is 0.497 e. The van der Waals surface area contributed by atoms with Crippen molar-refractivity contribution in [3.05, 3.63) is 106 Å². The summed E-state index contributed by atoms with van der Waals surface area (Å²) in [6.45, 7) is 0. The Bertz CT molecular complexity index is 1170. The van der Waals surface area contributed by atoms with E-state index < -0.39 is 0 Å². The van der Waals surface area contributed by atoms with Crippen molar-refractivity contribution in [2.24, 2.45) is 0 Å². The van der Waals surface area contributed by atoms with Crippen LogP contribution in [0.5, 0.6) is 5.75 Å². The molecule has 1 saturated heterocycles. The number of nitrogens with zero attached hydrogens (tertiary/aromatic N) is 1. The number of benzene rings is 3. The van der Waals surface area contributed by atoms with E-state index in [1.165, 1.54) is 11.8 Å². The van der Waals surface area contributed by atoms with Gasteiger partial charge in [-0.3, -0.25) is 9.69 Å². The Hall–Kier alpha value is -2.86. The smallest absolute Gasteiger partial charge is 0.270 e. The molecule has 3 aromatic carbocycles. The van der Waals surface area contributed by atoms with Gasteiger partial charge in [0.2, 0.25) is 0 Å². The van der Waals surface area contributed by atoms with Crippen LogP contribution in [0.3, 0.4) is 0 Å². The van der Waals surface area contributed by atoms with Crippen molar-refractivity contribution in [2.75, 3.05) is 12.0 Å². The van der Waals surface area contributed by atoms with E-state index in [-0.39, 0.29) is 5.91 Å². The minimum Gasteiger partial charge on any atom is -0.497 e. The Labute approximate surface area is 196 Å². The molecule has 4 rings (SSSR count). The zero-order valence-electron chi connectivity index (χ0n) is 16.6. The van der Waals surface area contributed by atoms with Crippen LogP contribution in [0.1, 0.15) is 11.1 Å². The first-order valence-electron chi connectivity index (χ1n) is 9.50. The van der Waals surface area contributed by atoms with Crippen molar-refractivity contribution in [2.45, 2.75) is 0 Å². The van der Waals surface area contributed by atoms with E-state index in [0.717, 1.165) is 22.4 Å². The highest BCUT2D eigenvalue weighted by molar-refractivity contribution is 8.27. The quantitative estimate of drug-likeness (QED) is 0.235. The van der Waals surface area contributed by atoms with Crippen molar-refractivity contribution >= 4 is 63.1 Å². The first-order valence-corrected chi connectivity index (χ1v) is 11.1. The summed E-state index contributed by atoms with van der Waals surface area (Å²) in [5, 5.41) is 0.661. The highest BCUT2D eigenvalue weighted by atomic mass is 35.5. The maximum Gasteiger partial charge on any atom is 0.270 e. The maximum atomic E-state index is 13.2. The summed E-state index contributed by atoms with van der Waals surface area (Å²) >= 11 is 12.9. The van der Waals surface area contributed by atoms with E-state index in [0.29, 0.717) is 19.9 Å². The lowest BCUT2D eigenvalue weighted by Gasteiger charge is -2.14. The Morgan fingerprint density at radius 1 is 1.00 bits per heavy atom. The van der Waals surface area contributed by atoms with Gasteiger partial charge < -0.3 is 4.74 Å². The molecule has 0 radical (unpaired) electrons. The molecule has 0 aromatic heterocycles. The minimum absolute atomic E-state index is 0.145. The van der Waals surface area contributed by atoms with Crippen LogP contribution >= 0.6 is 35.6 Å². The fraction of sp³-hybridized carbons (Fsp3) is 0.0400. The van der Waals surface area contributed by atoms with Gasteiger partial charge in [0.25, 0.3) is 5.91 Å². The number of carbonyl (C=O) groups is 1. The number of hydrogen-bond acceptors (Lipinski definition) is 4. The van der Waals surface area contributed by atoms with Crippen LogP contribution in [0.4, 0.5) is 5.69 Å². The molecule has 0 atom stereocenters. The molecule has 31 heavy (non-hydrogen) atoms. The molecule has 6 heteroatoms. The molecule has 154 valence electrons. The molecular weight excluding hydrogens is 446 g/mol.